The highest BCUT2D eigenvalue weighted by Crippen LogP contribution is 2.22. The predicted molar refractivity (Wildman–Crippen MR) is 88.9 cm³/mol. The first-order chi connectivity index (χ1) is 11.2. The first-order valence-corrected chi connectivity index (χ1v) is 8.93. The van der Waals surface area contributed by atoms with Gasteiger partial charge in [-0.05, 0) is 37.1 Å². The monoisotopic (exact) mass is 355 g/mol. The molecule has 8 nitrogen and oxygen atoms in total. The number of rotatable bonds is 5. The molecule has 0 aliphatic carbocycles. The van der Waals surface area contributed by atoms with Crippen molar-refractivity contribution < 1.29 is 23.1 Å². The van der Waals surface area contributed by atoms with Gasteiger partial charge in [0, 0.05) is 32.9 Å². The second-order valence-electron chi connectivity index (χ2n) is 5.86. The Hall–Kier alpha value is -1.97. The maximum absolute atomic E-state index is 12.4. The minimum atomic E-state index is -3.53. The van der Waals surface area contributed by atoms with E-state index in [2.05, 4.69) is 5.32 Å². The molecule has 1 amide bonds. The Morgan fingerprint density at radius 3 is 2.42 bits per heavy atom. The Morgan fingerprint density at radius 1 is 1.25 bits per heavy atom. The van der Waals surface area contributed by atoms with Crippen LogP contribution in [0.2, 0.25) is 0 Å². The normalized spacial score (nSPS) is 19.2. The molecule has 1 aliphatic rings. The molecule has 2 N–H and O–H groups in total. The fraction of sp³-hybridized carbons (Fsp3) is 0.467. The summed E-state index contributed by atoms with van der Waals surface area (Å²) in [6.45, 7) is 0.539. The van der Waals surface area contributed by atoms with Crippen molar-refractivity contribution in [3.63, 3.8) is 0 Å². The van der Waals surface area contributed by atoms with Crippen LogP contribution in [0.3, 0.4) is 0 Å². The van der Waals surface area contributed by atoms with E-state index in [-0.39, 0.29) is 18.0 Å². The molecule has 1 saturated heterocycles. The zero-order chi connectivity index (χ0) is 17.9. The molecule has 0 bridgehead atoms. The lowest BCUT2D eigenvalue weighted by Crippen LogP contribution is -2.47. The van der Waals surface area contributed by atoms with Crippen molar-refractivity contribution in [3.8, 4) is 0 Å². The average molecular weight is 355 g/mol. The van der Waals surface area contributed by atoms with Gasteiger partial charge >= 0.3 is 5.97 Å². The van der Waals surface area contributed by atoms with Crippen LogP contribution >= 0.6 is 0 Å². The number of anilines is 1. The molecule has 1 aromatic carbocycles. The van der Waals surface area contributed by atoms with Crippen molar-refractivity contribution in [3.05, 3.63) is 29.8 Å². The summed E-state index contributed by atoms with van der Waals surface area (Å²) in [5.74, 6) is -1.74. The maximum Gasteiger partial charge on any atom is 0.335 e. The van der Waals surface area contributed by atoms with Crippen molar-refractivity contribution >= 4 is 27.8 Å². The summed E-state index contributed by atoms with van der Waals surface area (Å²) in [6.07, 6.45) is 1.22. The van der Waals surface area contributed by atoms with Crippen LogP contribution in [0.15, 0.2) is 24.3 Å². The molecule has 0 radical (unpaired) electrons. The maximum atomic E-state index is 12.4. The largest absolute Gasteiger partial charge is 0.478 e. The number of amides is 1. The Morgan fingerprint density at radius 2 is 1.88 bits per heavy atom. The number of nitrogens with one attached hydrogen (secondary N) is 1. The Labute approximate surface area is 141 Å². The lowest BCUT2D eigenvalue weighted by Gasteiger charge is -2.32. The van der Waals surface area contributed by atoms with Gasteiger partial charge < -0.3 is 10.4 Å². The van der Waals surface area contributed by atoms with Gasteiger partial charge in [0.1, 0.15) is 0 Å². The standard InChI is InChI=1S/C15H21N3O5S/c1-17(2)24(22,23)18-9-3-4-12(10-18)14(19)16-13-7-5-11(6-8-13)15(20)21/h5-8,12H,3-4,9-10H2,1-2H3,(H,16,19)(H,20,21)/t12-/m0/s1. The summed E-state index contributed by atoms with van der Waals surface area (Å²) in [7, 11) is -0.610. The zero-order valence-corrected chi connectivity index (χ0v) is 14.4. The SMILES string of the molecule is CN(C)S(=O)(=O)N1CCC[C@H](C(=O)Nc2ccc(C(=O)O)cc2)C1. The highest BCUT2D eigenvalue weighted by Gasteiger charge is 2.33. The van der Waals surface area contributed by atoms with Crippen LogP contribution in [0.4, 0.5) is 5.69 Å². The first-order valence-electron chi connectivity index (χ1n) is 7.53. The van der Waals surface area contributed by atoms with Crippen LogP contribution in [0.25, 0.3) is 0 Å². The lowest BCUT2D eigenvalue weighted by molar-refractivity contribution is -0.120. The van der Waals surface area contributed by atoms with Gasteiger partial charge in [-0.2, -0.15) is 17.0 Å². The van der Waals surface area contributed by atoms with Gasteiger partial charge in [-0.3, -0.25) is 4.79 Å². The van der Waals surface area contributed by atoms with E-state index < -0.39 is 22.1 Å². The molecular weight excluding hydrogens is 334 g/mol. The third-order valence-electron chi connectivity index (χ3n) is 3.94. The van der Waals surface area contributed by atoms with E-state index in [1.54, 1.807) is 0 Å². The Bertz CT molecular complexity index is 715. The third-order valence-corrected chi connectivity index (χ3v) is 5.85. The van der Waals surface area contributed by atoms with Crippen LogP contribution < -0.4 is 5.32 Å². The number of carboxylic acids is 1. The predicted octanol–water partition coefficient (Wildman–Crippen LogP) is 0.842. The fourth-order valence-corrected chi connectivity index (χ4v) is 3.73. The van der Waals surface area contributed by atoms with E-state index in [1.165, 1.54) is 42.7 Å². The number of hydrogen-bond donors (Lipinski definition) is 2. The molecule has 9 heteroatoms. The zero-order valence-electron chi connectivity index (χ0n) is 13.6. The number of hydrogen-bond acceptors (Lipinski definition) is 4. The highest BCUT2D eigenvalue weighted by molar-refractivity contribution is 7.86. The molecule has 1 aliphatic heterocycles. The number of aromatic carboxylic acids is 1. The van der Waals surface area contributed by atoms with Gasteiger partial charge in [0.05, 0.1) is 11.5 Å². The van der Waals surface area contributed by atoms with Gasteiger partial charge in [-0.25, -0.2) is 4.79 Å². The van der Waals surface area contributed by atoms with Crippen molar-refractivity contribution in [1.29, 1.82) is 0 Å². The van der Waals surface area contributed by atoms with Crippen LogP contribution in [-0.2, 0) is 15.0 Å². The van der Waals surface area contributed by atoms with E-state index in [9.17, 15) is 18.0 Å². The molecule has 1 fully saturated rings. The molecule has 0 saturated carbocycles. The topological polar surface area (TPSA) is 107 Å². The second-order valence-corrected chi connectivity index (χ2v) is 8.00. The van der Waals surface area contributed by atoms with Gasteiger partial charge in [-0.15, -0.1) is 0 Å². The van der Waals surface area contributed by atoms with E-state index >= 15 is 0 Å². The number of carbonyl (C=O) groups is 2. The minimum Gasteiger partial charge on any atom is -0.478 e. The third kappa shape index (κ3) is 4.11. The van der Waals surface area contributed by atoms with Crippen molar-refractivity contribution in [2.75, 3.05) is 32.5 Å². The van der Waals surface area contributed by atoms with Crippen LogP contribution in [0.5, 0.6) is 0 Å². The number of carboxylic acid groups (broad SMARTS) is 1. The first kappa shape index (κ1) is 18.4. The van der Waals surface area contributed by atoms with Crippen molar-refractivity contribution in [2.24, 2.45) is 5.92 Å². The number of carbonyl (C=O) groups excluding carboxylic acids is 1. The number of piperidine rings is 1. The van der Waals surface area contributed by atoms with Crippen LogP contribution in [0.1, 0.15) is 23.2 Å². The number of nitrogens with zero attached hydrogens (tertiary/aromatic N) is 2. The summed E-state index contributed by atoms with van der Waals surface area (Å²) >= 11 is 0. The van der Waals surface area contributed by atoms with Crippen LogP contribution in [0, 0.1) is 5.92 Å². The van der Waals surface area contributed by atoms with E-state index in [0.29, 0.717) is 25.1 Å². The van der Waals surface area contributed by atoms with E-state index in [4.69, 9.17) is 5.11 Å². The molecule has 1 heterocycles. The van der Waals surface area contributed by atoms with E-state index in [1.807, 2.05) is 0 Å². The molecule has 24 heavy (non-hydrogen) atoms. The lowest BCUT2D eigenvalue weighted by atomic mass is 9.98. The average Bonchev–Trinajstić information content (AvgIpc) is 2.55. The molecule has 1 aromatic rings. The molecule has 0 aromatic heterocycles. The summed E-state index contributed by atoms with van der Waals surface area (Å²) in [5, 5.41) is 11.6. The van der Waals surface area contributed by atoms with Crippen LogP contribution in [-0.4, -0.2) is 61.2 Å². The number of benzene rings is 1. The molecule has 0 unspecified atom stereocenters. The molecule has 2 rings (SSSR count). The molecule has 0 spiro atoms. The Balaban J connectivity index is 2.03. The van der Waals surface area contributed by atoms with Gasteiger partial charge in [0.25, 0.3) is 10.2 Å². The van der Waals surface area contributed by atoms with Gasteiger partial charge in [0.15, 0.2) is 0 Å². The van der Waals surface area contributed by atoms with Crippen molar-refractivity contribution in [1.82, 2.24) is 8.61 Å². The summed E-state index contributed by atoms with van der Waals surface area (Å²) in [4.78, 5) is 23.2. The molecular formula is C15H21N3O5S. The van der Waals surface area contributed by atoms with Gasteiger partial charge in [0.2, 0.25) is 5.91 Å². The molecule has 132 valence electrons. The Kier molecular flexibility index (Phi) is 5.58. The highest BCUT2D eigenvalue weighted by atomic mass is 32.2. The van der Waals surface area contributed by atoms with Crippen molar-refractivity contribution in [2.45, 2.75) is 12.8 Å². The van der Waals surface area contributed by atoms with Gasteiger partial charge in [-0.1, -0.05) is 0 Å². The van der Waals surface area contributed by atoms with E-state index in [0.717, 1.165) is 4.31 Å². The molecule has 1 atom stereocenters. The summed E-state index contributed by atoms with van der Waals surface area (Å²) in [6, 6.07) is 5.83. The summed E-state index contributed by atoms with van der Waals surface area (Å²) in [5.41, 5.74) is 0.617. The minimum absolute atomic E-state index is 0.133. The second kappa shape index (κ2) is 7.29. The fourth-order valence-electron chi connectivity index (χ4n) is 2.54. The smallest absolute Gasteiger partial charge is 0.335 e. The quantitative estimate of drug-likeness (QED) is 0.814. The summed E-state index contributed by atoms with van der Waals surface area (Å²) < 4.78 is 26.8.